The molecule has 0 aromatic heterocycles. The van der Waals surface area contributed by atoms with Gasteiger partial charge >= 0.3 is 0 Å². The molecule has 0 amide bonds. The first-order valence-electron chi connectivity index (χ1n) is 7.92. The third kappa shape index (κ3) is 4.19. The first-order chi connectivity index (χ1) is 10.6. The summed E-state index contributed by atoms with van der Waals surface area (Å²) < 4.78 is 0. The smallest absolute Gasteiger partial charge is 0 e. The van der Waals surface area contributed by atoms with Crippen molar-refractivity contribution in [2.24, 2.45) is 0 Å². The normalized spacial score (nSPS) is 30.4. The summed E-state index contributed by atoms with van der Waals surface area (Å²) in [5.41, 5.74) is 3.49. The molecule has 2 aromatic rings. The summed E-state index contributed by atoms with van der Waals surface area (Å²) in [5.74, 6) is 0. The summed E-state index contributed by atoms with van der Waals surface area (Å²) in [7, 11) is 0.0962. The average molecular weight is 378 g/mol. The fraction of sp³-hybridized carbons (Fsp3) is 0.500. The van der Waals surface area contributed by atoms with Crippen molar-refractivity contribution in [2.45, 2.75) is 63.2 Å². The molecule has 2 heterocycles. The second-order valence-electron chi connectivity index (χ2n) is 6.38. The van der Waals surface area contributed by atoms with Gasteiger partial charge in [0, 0.05) is 17.1 Å². The van der Waals surface area contributed by atoms with E-state index in [1.165, 1.54) is 23.5 Å². The van der Waals surface area contributed by atoms with Crippen LogP contribution in [-0.2, 0) is 17.1 Å². The Morgan fingerprint density at radius 3 is 1.09 bits per heavy atom. The summed E-state index contributed by atoms with van der Waals surface area (Å²) in [6.45, 7) is 9.28. The Hall–Kier alpha value is 0.0795. The molecule has 0 N–H and O–H groups in total. The Morgan fingerprint density at radius 1 is 0.609 bits per heavy atom. The van der Waals surface area contributed by atoms with Crippen molar-refractivity contribution in [3.63, 3.8) is 0 Å². The zero-order valence-corrected chi connectivity index (χ0v) is 16.9. The molecule has 0 spiro atoms. The van der Waals surface area contributed by atoms with E-state index in [1.54, 1.807) is 0 Å². The van der Waals surface area contributed by atoms with Gasteiger partial charge in [0.2, 0.25) is 0 Å². The molecule has 4 atom stereocenters. The first kappa shape index (κ1) is 19.4. The van der Waals surface area contributed by atoms with Crippen LogP contribution in [0, 0.1) is 48.5 Å². The maximum Gasteiger partial charge on any atom is 0 e. The summed E-state index contributed by atoms with van der Waals surface area (Å²) in [6.07, 6.45) is 2.75. The van der Waals surface area contributed by atoms with Crippen LogP contribution in [0.3, 0.4) is 0 Å². The molecule has 2 saturated heterocycles. The molecule has 3 heteroatoms. The van der Waals surface area contributed by atoms with Crippen LogP contribution in [0.1, 0.15) is 40.5 Å². The van der Waals surface area contributed by atoms with E-state index in [2.05, 4.69) is 76.2 Å². The predicted octanol–water partition coefficient (Wildman–Crippen LogP) is 3.79. The largest absolute Gasteiger partial charge is 0.998 e. The second-order valence-corrected chi connectivity index (χ2v) is 12.4. The van der Waals surface area contributed by atoms with Crippen LogP contribution >= 0.6 is 15.8 Å². The van der Waals surface area contributed by atoms with Crippen molar-refractivity contribution < 1.29 is 17.1 Å². The van der Waals surface area contributed by atoms with Crippen molar-refractivity contribution in [1.82, 2.24) is 0 Å². The molecule has 0 nitrogen and oxygen atoms in total. The average Bonchev–Trinajstić information content (AvgIpc) is 3.13. The van der Waals surface area contributed by atoms with Gasteiger partial charge in [0.1, 0.15) is 0 Å². The fourth-order valence-corrected chi connectivity index (χ4v) is 9.23. The van der Waals surface area contributed by atoms with Gasteiger partial charge in [-0.1, -0.05) is 50.3 Å². The molecule has 0 saturated carbocycles. The Morgan fingerprint density at radius 2 is 0.870 bits per heavy atom. The molecule has 4 rings (SSSR count). The van der Waals surface area contributed by atoms with Crippen molar-refractivity contribution in [3.8, 4) is 0 Å². The maximum absolute atomic E-state index is 3.09. The molecular formula is C20H20FeP2-10. The van der Waals surface area contributed by atoms with Crippen molar-refractivity contribution in [3.05, 3.63) is 48.5 Å². The van der Waals surface area contributed by atoms with Crippen molar-refractivity contribution >= 4 is 26.5 Å². The minimum atomic E-state index is 0. The van der Waals surface area contributed by atoms with Crippen molar-refractivity contribution in [1.29, 1.82) is 0 Å². The minimum absolute atomic E-state index is 0. The van der Waals surface area contributed by atoms with Gasteiger partial charge < -0.3 is 75.0 Å². The van der Waals surface area contributed by atoms with Gasteiger partial charge in [0.25, 0.3) is 0 Å². The van der Waals surface area contributed by atoms with Crippen molar-refractivity contribution in [2.75, 3.05) is 0 Å². The molecule has 23 heavy (non-hydrogen) atoms. The molecule has 128 valence electrons. The van der Waals surface area contributed by atoms with Gasteiger partial charge in [-0.2, -0.15) is 0 Å². The molecule has 2 aliphatic rings. The Labute approximate surface area is 155 Å². The Bertz CT molecular complexity index is 492. The molecule has 0 bridgehead atoms. The van der Waals surface area contributed by atoms with E-state index < -0.39 is 0 Å². The van der Waals surface area contributed by atoms with Crippen LogP contribution < -0.4 is 10.6 Å². The zero-order chi connectivity index (χ0) is 15.7. The molecule has 0 aliphatic carbocycles. The molecule has 2 fully saturated rings. The van der Waals surface area contributed by atoms with Gasteiger partial charge in [0.05, 0.1) is 0 Å². The standard InChI is InChI=1S/2C10H10P.Fe/c2*1-8-7-9(2)11(8)10-5-3-4-6-10;/h2*8-9H,7H2,1-2H3;/q2*-5;/t2*8-,9-;/m00./s1. The topological polar surface area (TPSA) is 0 Å². The Balaban J connectivity index is 0.000000160. The quantitative estimate of drug-likeness (QED) is 0.424. The van der Waals surface area contributed by atoms with Gasteiger partial charge in [-0.05, 0) is 12.8 Å². The minimum Gasteiger partial charge on any atom is -0.998 e. The molecule has 2 aliphatic heterocycles. The zero-order valence-electron chi connectivity index (χ0n) is 14.0. The fourth-order valence-electron chi connectivity index (χ4n) is 3.60. The summed E-state index contributed by atoms with van der Waals surface area (Å²) in [6, 6.07) is 23.7. The number of hydrogen-bond donors (Lipinski definition) is 0. The van der Waals surface area contributed by atoms with Gasteiger partial charge in [-0.15, -0.1) is 0 Å². The van der Waals surface area contributed by atoms with E-state index in [-0.39, 0.29) is 32.9 Å². The van der Waals surface area contributed by atoms with Gasteiger partial charge in [0.15, 0.2) is 0 Å². The third-order valence-electron chi connectivity index (χ3n) is 4.63. The van der Waals surface area contributed by atoms with E-state index in [0.29, 0.717) is 0 Å². The Kier molecular flexibility index (Phi) is 7.13. The van der Waals surface area contributed by atoms with Crippen LogP contribution in [0.2, 0.25) is 0 Å². The molecular weight excluding hydrogens is 358 g/mol. The molecule has 0 unspecified atom stereocenters. The first-order valence-corrected chi connectivity index (χ1v) is 10.9. The van der Waals surface area contributed by atoms with E-state index in [0.717, 1.165) is 22.6 Å². The SMILES string of the molecule is C[C@H]1C[C@H](C)P1[c-]1[c-][c-][c-][c-]1.C[C@H]1C[C@H](C)P1[c-]1[c-][c-][c-][c-]1.[Fe]. The number of rotatable bonds is 2. The van der Waals surface area contributed by atoms with E-state index >= 15 is 0 Å². The van der Waals surface area contributed by atoms with E-state index in [9.17, 15) is 0 Å². The van der Waals surface area contributed by atoms with Crippen LogP contribution in [0.25, 0.3) is 0 Å². The van der Waals surface area contributed by atoms with Crippen LogP contribution in [0.5, 0.6) is 0 Å². The number of hydrogen-bond acceptors (Lipinski definition) is 0. The van der Waals surface area contributed by atoms with E-state index in [1.807, 2.05) is 0 Å². The second kappa shape index (κ2) is 8.45. The van der Waals surface area contributed by atoms with Crippen LogP contribution in [-0.4, -0.2) is 22.6 Å². The third-order valence-corrected chi connectivity index (χ3v) is 10.8. The predicted molar refractivity (Wildman–Crippen MR) is 94.9 cm³/mol. The summed E-state index contributed by atoms with van der Waals surface area (Å²) in [5, 5.41) is 2.51. The monoisotopic (exact) mass is 378 g/mol. The van der Waals surface area contributed by atoms with Gasteiger partial charge in [-0.25, -0.2) is 0 Å². The van der Waals surface area contributed by atoms with E-state index in [4.69, 9.17) is 0 Å². The van der Waals surface area contributed by atoms with Crippen LogP contribution in [0.15, 0.2) is 0 Å². The molecule has 0 radical (unpaired) electrons. The van der Waals surface area contributed by atoms with Crippen LogP contribution in [0.4, 0.5) is 0 Å². The summed E-state index contributed by atoms with van der Waals surface area (Å²) >= 11 is 0. The van der Waals surface area contributed by atoms with Gasteiger partial charge in [-0.3, -0.25) is 0 Å². The maximum atomic E-state index is 3.09. The summed E-state index contributed by atoms with van der Waals surface area (Å²) in [4.78, 5) is 0. The molecule has 2 aromatic carbocycles.